The number of nitrogens with one attached hydrogen (secondary N) is 1. The van der Waals surface area contributed by atoms with Crippen molar-refractivity contribution in [2.45, 2.75) is 11.8 Å². The smallest absolute Gasteiger partial charge is 0.253 e. The number of nitriles is 1. The summed E-state index contributed by atoms with van der Waals surface area (Å²) in [6, 6.07) is 6.64. The minimum atomic E-state index is -3.63. The maximum atomic E-state index is 12.4. The van der Waals surface area contributed by atoms with E-state index in [4.69, 9.17) is 5.26 Å². The van der Waals surface area contributed by atoms with Gasteiger partial charge in [-0.2, -0.15) is 5.26 Å². The van der Waals surface area contributed by atoms with Gasteiger partial charge >= 0.3 is 0 Å². The van der Waals surface area contributed by atoms with E-state index in [9.17, 15) is 8.42 Å². The van der Waals surface area contributed by atoms with Crippen LogP contribution < -0.4 is 4.83 Å². The molecule has 0 radical (unpaired) electrons. The maximum Gasteiger partial charge on any atom is 0.253 e. The molecule has 0 saturated carbocycles. The lowest BCUT2D eigenvalue weighted by molar-refractivity contribution is 0.135. The lowest BCUT2D eigenvalue weighted by Gasteiger charge is -2.32. The maximum absolute atomic E-state index is 12.4. The standard InChI is InChI=1S/C13H18N4O2S/c1-11-3-4-12(10-14)9-13(11)20(18,19)15-17-7-5-16(2)6-8-17/h3-4,9,15H,5-8H2,1-2H3. The van der Waals surface area contributed by atoms with Crippen molar-refractivity contribution in [3.63, 3.8) is 0 Å². The second-order valence-electron chi connectivity index (χ2n) is 4.98. The molecular formula is C13H18N4O2S. The van der Waals surface area contributed by atoms with E-state index in [1.165, 1.54) is 6.07 Å². The number of aryl methyl sites for hydroxylation is 1. The molecule has 1 N–H and O–H groups in total. The van der Waals surface area contributed by atoms with Gasteiger partial charge in [0, 0.05) is 26.2 Å². The molecule has 1 aromatic carbocycles. The highest BCUT2D eigenvalue weighted by atomic mass is 32.2. The molecule has 20 heavy (non-hydrogen) atoms. The molecule has 1 aliphatic rings. The molecule has 7 heteroatoms. The summed E-state index contributed by atoms with van der Waals surface area (Å²) in [6.45, 7) is 4.65. The zero-order valence-electron chi connectivity index (χ0n) is 11.6. The second kappa shape index (κ2) is 5.89. The average molecular weight is 294 g/mol. The van der Waals surface area contributed by atoms with Crippen molar-refractivity contribution in [3.05, 3.63) is 29.3 Å². The second-order valence-corrected chi connectivity index (χ2v) is 6.61. The minimum Gasteiger partial charge on any atom is -0.304 e. The summed E-state index contributed by atoms with van der Waals surface area (Å²) in [5.41, 5.74) is 0.972. The van der Waals surface area contributed by atoms with E-state index in [1.807, 2.05) is 13.1 Å². The lowest BCUT2D eigenvalue weighted by atomic mass is 10.2. The zero-order valence-corrected chi connectivity index (χ0v) is 12.4. The number of hydrazine groups is 1. The fraction of sp³-hybridized carbons (Fsp3) is 0.462. The van der Waals surface area contributed by atoms with Crippen LogP contribution in [0.4, 0.5) is 0 Å². The highest BCUT2D eigenvalue weighted by Crippen LogP contribution is 2.17. The number of nitrogens with zero attached hydrogens (tertiary/aromatic N) is 3. The van der Waals surface area contributed by atoms with E-state index in [1.54, 1.807) is 24.1 Å². The minimum absolute atomic E-state index is 0.162. The lowest BCUT2D eigenvalue weighted by Crippen LogP contribution is -2.52. The van der Waals surface area contributed by atoms with Crippen LogP contribution in [0.5, 0.6) is 0 Å². The van der Waals surface area contributed by atoms with Crippen LogP contribution in [0.1, 0.15) is 11.1 Å². The van der Waals surface area contributed by atoms with Gasteiger partial charge in [0.15, 0.2) is 0 Å². The molecule has 0 aromatic heterocycles. The van der Waals surface area contributed by atoms with E-state index < -0.39 is 10.0 Å². The number of hydrogen-bond donors (Lipinski definition) is 1. The summed E-state index contributed by atoms with van der Waals surface area (Å²) in [6.07, 6.45) is 0. The monoisotopic (exact) mass is 294 g/mol. The van der Waals surface area contributed by atoms with Gasteiger partial charge < -0.3 is 4.90 Å². The molecule has 0 atom stereocenters. The van der Waals surface area contributed by atoms with Crippen molar-refractivity contribution < 1.29 is 8.42 Å². The van der Waals surface area contributed by atoms with E-state index >= 15 is 0 Å². The van der Waals surface area contributed by atoms with Gasteiger partial charge in [-0.3, -0.25) is 0 Å². The number of hydrogen-bond acceptors (Lipinski definition) is 5. The van der Waals surface area contributed by atoms with Crippen molar-refractivity contribution in [2.75, 3.05) is 33.2 Å². The van der Waals surface area contributed by atoms with Gasteiger partial charge in [0.05, 0.1) is 16.5 Å². The Morgan fingerprint density at radius 1 is 1.25 bits per heavy atom. The van der Waals surface area contributed by atoms with Gasteiger partial charge in [-0.1, -0.05) is 6.07 Å². The van der Waals surface area contributed by atoms with E-state index in [-0.39, 0.29) is 4.90 Å². The first-order valence-electron chi connectivity index (χ1n) is 6.39. The highest BCUT2D eigenvalue weighted by molar-refractivity contribution is 7.89. The number of piperazine rings is 1. The molecular weight excluding hydrogens is 276 g/mol. The Morgan fingerprint density at radius 2 is 1.90 bits per heavy atom. The summed E-state index contributed by atoms with van der Waals surface area (Å²) < 4.78 is 24.8. The van der Waals surface area contributed by atoms with Crippen LogP contribution in [0.3, 0.4) is 0 Å². The summed E-state index contributed by atoms with van der Waals surface area (Å²) >= 11 is 0. The molecule has 108 valence electrons. The topological polar surface area (TPSA) is 76.4 Å². The Bertz CT molecular complexity index is 628. The van der Waals surface area contributed by atoms with Gasteiger partial charge in [-0.05, 0) is 31.7 Å². The van der Waals surface area contributed by atoms with Crippen LogP contribution in [0, 0.1) is 18.3 Å². The molecule has 0 spiro atoms. The van der Waals surface area contributed by atoms with Crippen LogP contribution in [0.25, 0.3) is 0 Å². The molecule has 6 nitrogen and oxygen atoms in total. The van der Waals surface area contributed by atoms with Crippen LogP contribution in [-0.2, 0) is 10.0 Å². The number of rotatable bonds is 3. The molecule has 0 aliphatic carbocycles. The number of benzene rings is 1. The normalized spacial score (nSPS) is 17.9. The predicted octanol–water partition coefficient (Wildman–Crippen LogP) is 0.307. The van der Waals surface area contributed by atoms with Crippen LogP contribution in [0.15, 0.2) is 23.1 Å². The summed E-state index contributed by atoms with van der Waals surface area (Å²) in [7, 11) is -1.63. The zero-order chi connectivity index (χ0) is 14.8. The SMILES string of the molecule is Cc1ccc(C#N)cc1S(=O)(=O)NN1CCN(C)CC1. The average Bonchev–Trinajstić information content (AvgIpc) is 2.41. The van der Waals surface area contributed by atoms with Crippen LogP contribution in [0.2, 0.25) is 0 Å². The van der Waals surface area contributed by atoms with Gasteiger partial charge in [0.1, 0.15) is 0 Å². The molecule has 0 unspecified atom stereocenters. The summed E-state index contributed by atoms with van der Waals surface area (Å²) in [5.74, 6) is 0. The van der Waals surface area contributed by atoms with Gasteiger partial charge in [-0.15, -0.1) is 4.83 Å². The first-order chi connectivity index (χ1) is 9.42. The highest BCUT2D eigenvalue weighted by Gasteiger charge is 2.23. The number of sulfonamides is 1. The van der Waals surface area contributed by atoms with Crippen molar-refractivity contribution in [1.82, 2.24) is 14.7 Å². The molecule has 1 aliphatic heterocycles. The van der Waals surface area contributed by atoms with Gasteiger partial charge in [0.2, 0.25) is 0 Å². The Kier molecular flexibility index (Phi) is 4.40. The molecule has 2 rings (SSSR count). The van der Waals surface area contributed by atoms with E-state index in [2.05, 4.69) is 9.73 Å². The fourth-order valence-electron chi connectivity index (χ4n) is 2.08. The first-order valence-corrected chi connectivity index (χ1v) is 7.87. The quantitative estimate of drug-likeness (QED) is 0.868. The van der Waals surface area contributed by atoms with Crippen molar-refractivity contribution >= 4 is 10.0 Å². The largest absolute Gasteiger partial charge is 0.304 e. The van der Waals surface area contributed by atoms with Crippen molar-refractivity contribution in [3.8, 4) is 6.07 Å². The van der Waals surface area contributed by atoms with Crippen molar-refractivity contribution in [1.29, 1.82) is 5.26 Å². The third-order valence-corrected chi connectivity index (χ3v) is 4.88. The Morgan fingerprint density at radius 3 is 2.50 bits per heavy atom. The van der Waals surface area contributed by atoms with Crippen LogP contribution >= 0.6 is 0 Å². The predicted molar refractivity (Wildman–Crippen MR) is 75.3 cm³/mol. The molecule has 1 heterocycles. The van der Waals surface area contributed by atoms with E-state index in [0.29, 0.717) is 24.2 Å². The Labute approximate surface area is 119 Å². The molecule has 1 aromatic rings. The molecule has 0 amide bonds. The fourth-order valence-corrected chi connectivity index (χ4v) is 3.47. The molecule has 1 saturated heterocycles. The Hall–Kier alpha value is -1.46. The third-order valence-electron chi connectivity index (χ3n) is 3.36. The first kappa shape index (κ1) is 14.9. The van der Waals surface area contributed by atoms with E-state index in [0.717, 1.165) is 13.1 Å². The Balaban J connectivity index is 2.20. The number of likely N-dealkylation sites (N-methyl/N-ethyl adjacent to an activating group) is 1. The van der Waals surface area contributed by atoms with Crippen LogP contribution in [-0.4, -0.2) is 51.6 Å². The molecule has 0 bridgehead atoms. The third kappa shape index (κ3) is 3.35. The summed E-state index contributed by atoms with van der Waals surface area (Å²) in [4.78, 5) is 4.90. The van der Waals surface area contributed by atoms with Gasteiger partial charge in [0.25, 0.3) is 10.0 Å². The van der Waals surface area contributed by atoms with Gasteiger partial charge in [-0.25, -0.2) is 13.4 Å². The van der Waals surface area contributed by atoms with Crippen molar-refractivity contribution in [2.24, 2.45) is 0 Å². The summed E-state index contributed by atoms with van der Waals surface area (Å²) in [5, 5.41) is 10.6. The molecule has 1 fully saturated rings.